The lowest BCUT2D eigenvalue weighted by molar-refractivity contribution is -0.507. The number of nitrogens with zero attached hydrogens (tertiary/aromatic N) is 1. The first-order valence-corrected chi connectivity index (χ1v) is 3.94. The molecule has 0 aromatic rings. The Morgan fingerprint density at radius 2 is 1.85 bits per heavy atom. The number of hydrogen-bond donors (Lipinski definition) is 3. The number of rotatable bonds is 2. The van der Waals surface area contributed by atoms with Crippen molar-refractivity contribution in [1.82, 2.24) is 5.39 Å². The molecule has 2 rings (SSSR count). The van der Waals surface area contributed by atoms with Crippen molar-refractivity contribution in [3.05, 3.63) is 0 Å². The molecule has 0 spiro atoms. The van der Waals surface area contributed by atoms with Gasteiger partial charge in [-0.3, -0.25) is 10.4 Å². The number of aliphatic hydroxyl groups is 1. The summed E-state index contributed by atoms with van der Waals surface area (Å²) in [5, 5.41) is 25.7. The lowest BCUT2D eigenvalue weighted by atomic mass is 10.1. The molecule has 0 saturated carbocycles. The summed E-state index contributed by atoms with van der Waals surface area (Å²) in [6.45, 7) is 0.357. The molecular weight excluding hydrogens is 182 g/mol. The highest BCUT2D eigenvalue weighted by atomic mass is 17.1. The highest BCUT2D eigenvalue weighted by molar-refractivity contribution is 4.94. The molecule has 2 aliphatic rings. The predicted molar refractivity (Wildman–Crippen MR) is 35.8 cm³/mol. The van der Waals surface area contributed by atoms with E-state index < -0.39 is 24.4 Å². The van der Waals surface area contributed by atoms with E-state index in [2.05, 4.69) is 4.84 Å². The molecule has 0 aliphatic carbocycles. The topological polar surface area (TPSA) is 91.6 Å². The van der Waals surface area contributed by atoms with Crippen LogP contribution in [0.2, 0.25) is 0 Å². The van der Waals surface area contributed by atoms with Gasteiger partial charge in [-0.15, -0.1) is 0 Å². The van der Waals surface area contributed by atoms with Crippen molar-refractivity contribution in [1.29, 1.82) is 0 Å². The fraction of sp³-hybridized carbons (Fsp3) is 1.00. The summed E-state index contributed by atoms with van der Waals surface area (Å²) >= 11 is 0. The Morgan fingerprint density at radius 3 is 2.54 bits per heavy atom. The third kappa shape index (κ3) is 1.67. The van der Waals surface area contributed by atoms with Crippen LogP contribution in [0.4, 0.5) is 0 Å². The lowest BCUT2D eigenvalue weighted by Gasteiger charge is -2.16. The molecule has 0 aromatic heterocycles. The van der Waals surface area contributed by atoms with E-state index in [4.69, 9.17) is 19.9 Å². The van der Waals surface area contributed by atoms with Crippen molar-refractivity contribution in [2.75, 3.05) is 13.2 Å². The monoisotopic (exact) mass is 193 g/mol. The standard InChI is InChI=1S/C6H11NO6/c8-3-1-11-6-4(13-7(9)10)2-12-5(3)6/h3-6,8-10H,1-2H2/t3?,4-,5-,6-/m1/s1. The lowest BCUT2D eigenvalue weighted by Crippen LogP contribution is -2.36. The Labute approximate surface area is 73.9 Å². The molecule has 0 bridgehead atoms. The van der Waals surface area contributed by atoms with E-state index in [1.54, 1.807) is 0 Å². The van der Waals surface area contributed by atoms with Crippen molar-refractivity contribution in [3.8, 4) is 0 Å². The van der Waals surface area contributed by atoms with Gasteiger partial charge in [-0.05, 0) is 0 Å². The van der Waals surface area contributed by atoms with Crippen LogP contribution in [0.1, 0.15) is 0 Å². The molecule has 76 valence electrons. The van der Waals surface area contributed by atoms with E-state index in [0.717, 1.165) is 0 Å². The van der Waals surface area contributed by atoms with Gasteiger partial charge in [-0.2, -0.15) is 0 Å². The van der Waals surface area contributed by atoms with Gasteiger partial charge in [-0.25, -0.2) is 4.84 Å². The molecule has 2 saturated heterocycles. The van der Waals surface area contributed by atoms with Crippen LogP contribution in [0.15, 0.2) is 0 Å². The van der Waals surface area contributed by atoms with Crippen LogP contribution < -0.4 is 0 Å². The minimum Gasteiger partial charge on any atom is -0.388 e. The van der Waals surface area contributed by atoms with Gasteiger partial charge in [0, 0.05) is 0 Å². The fourth-order valence-corrected chi connectivity index (χ4v) is 1.66. The van der Waals surface area contributed by atoms with Crippen LogP contribution >= 0.6 is 0 Å². The Morgan fingerprint density at radius 1 is 1.15 bits per heavy atom. The van der Waals surface area contributed by atoms with Crippen molar-refractivity contribution in [2.24, 2.45) is 0 Å². The van der Waals surface area contributed by atoms with Gasteiger partial charge in [-0.1, -0.05) is 0 Å². The summed E-state index contributed by atoms with van der Waals surface area (Å²) in [5.74, 6) is 0. The SMILES string of the molecule is OC1CO[C@H]2[C@@H]1OC[C@H]2ON(O)O. The van der Waals surface area contributed by atoms with Crippen LogP contribution in [0, 0.1) is 0 Å². The van der Waals surface area contributed by atoms with E-state index in [0.29, 0.717) is 0 Å². The zero-order chi connectivity index (χ0) is 9.42. The predicted octanol–water partition coefficient (Wildman–Crippen LogP) is -1.47. The molecule has 4 atom stereocenters. The maximum Gasteiger partial charge on any atom is 0.136 e. The zero-order valence-electron chi connectivity index (χ0n) is 6.74. The van der Waals surface area contributed by atoms with Crippen LogP contribution in [-0.2, 0) is 14.3 Å². The first-order valence-electron chi connectivity index (χ1n) is 3.94. The van der Waals surface area contributed by atoms with Crippen molar-refractivity contribution in [2.45, 2.75) is 24.4 Å². The van der Waals surface area contributed by atoms with Crippen LogP contribution in [0.3, 0.4) is 0 Å². The van der Waals surface area contributed by atoms with Gasteiger partial charge >= 0.3 is 0 Å². The van der Waals surface area contributed by atoms with Crippen LogP contribution in [-0.4, -0.2) is 58.5 Å². The summed E-state index contributed by atoms with van der Waals surface area (Å²) in [6.07, 6.45) is -2.11. The van der Waals surface area contributed by atoms with Crippen molar-refractivity contribution in [3.63, 3.8) is 0 Å². The Balaban J connectivity index is 1.94. The highest BCUT2D eigenvalue weighted by Crippen LogP contribution is 2.28. The Bertz CT molecular complexity index is 188. The molecule has 0 aromatic carbocycles. The second-order valence-corrected chi connectivity index (χ2v) is 3.06. The average molecular weight is 193 g/mol. The molecule has 7 nitrogen and oxygen atoms in total. The summed E-state index contributed by atoms with van der Waals surface area (Å²) < 4.78 is 10.3. The van der Waals surface area contributed by atoms with E-state index in [-0.39, 0.29) is 18.6 Å². The summed E-state index contributed by atoms with van der Waals surface area (Å²) in [6, 6.07) is 0. The van der Waals surface area contributed by atoms with E-state index >= 15 is 0 Å². The quantitative estimate of drug-likeness (QED) is 0.461. The van der Waals surface area contributed by atoms with Gasteiger partial charge in [0.15, 0.2) is 0 Å². The second kappa shape index (κ2) is 3.46. The van der Waals surface area contributed by atoms with Gasteiger partial charge in [0.05, 0.1) is 18.6 Å². The van der Waals surface area contributed by atoms with Gasteiger partial charge < -0.3 is 14.6 Å². The number of fused-ring (bicyclic) bond motifs is 1. The summed E-state index contributed by atoms with van der Waals surface area (Å²) in [7, 11) is 0. The zero-order valence-corrected chi connectivity index (χ0v) is 6.74. The largest absolute Gasteiger partial charge is 0.388 e. The highest BCUT2D eigenvalue weighted by Gasteiger charge is 2.48. The molecule has 2 aliphatic heterocycles. The molecule has 0 radical (unpaired) electrons. The summed E-state index contributed by atoms with van der Waals surface area (Å²) in [4.78, 5) is 4.56. The van der Waals surface area contributed by atoms with Gasteiger partial charge in [0.2, 0.25) is 0 Å². The van der Waals surface area contributed by atoms with Gasteiger partial charge in [0.25, 0.3) is 0 Å². The second-order valence-electron chi connectivity index (χ2n) is 3.06. The number of ether oxygens (including phenoxy) is 2. The minimum atomic E-state index is -0.663. The Kier molecular flexibility index (Phi) is 2.47. The molecule has 0 amide bonds. The Hall–Kier alpha value is -0.280. The van der Waals surface area contributed by atoms with E-state index in [1.807, 2.05) is 0 Å². The molecular formula is C6H11NO6. The fourth-order valence-electron chi connectivity index (χ4n) is 1.66. The maximum atomic E-state index is 9.31. The van der Waals surface area contributed by atoms with Crippen molar-refractivity contribution < 1.29 is 29.8 Å². The maximum absolute atomic E-state index is 9.31. The average Bonchev–Trinajstić information content (AvgIpc) is 2.56. The molecule has 1 unspecified atom stereocenters. The van der Waals surface area contributed by atoms with Crippen molar-refractivity contribution >= 4 is 0 Å². The van der Waals surface area contributed by atoms with Crippen LogP contribution in [0.25, 0.3) is 0 Å². The minimum absolute atomic E-state index is 0.171. The smallest absolute Gasteiger partial charge is 0.136 e. The van der Waals surface area contributed by atoms with Gasteiger partial charge in [0.1, 0.15) is 24.4 Å². The number of hydrogen-bond acceptors (Lipinski definition) is 7. The van der Waals surface area contributed by atoms with E-state index in [9.17, 15) is 5.11 Å². The molecule has 2 heterocycles. The molecule has 7 heteroatoms. The van der Waals surface area contributed by atoms with E-state index in [1.165, 1.54) is 0 Å². The third-order valence-electron chi connectivity index (χ3n) is 2.21. The molecule has 3 N–H and O–H groups in total. The third-order valence-corrected chi connectivity index (χ3v) is 2.21. The normalized spacial score (nSPS) is 44.3. The first-order chi connectivity index (χ1) is 6.18. The summed E-state index contributed by atoms with van der Waals surface area (Å²) in [5.41, 5.74) is 0. The molecule has 13 heavy (non-hydrogen) atoms. The number of aliphatic hydroxyl groups excluding tert-OH is 1. The first kappa shape index (κ1) is 9.28. The van der Waals surface area contributed by atoms with Crippen LogP contribution in [0.5, 0.6) is 0 Å². The molecule has 2 fully saturated rings.